The summed E-state index contributed by atoms with van der Waals surface area (Å²) < 4.78 is 28.6. The maximum absolute atomic E-state index is 12.2. The van der Waals surface area contributed by atoms with Gasteiger partial charge in [-0.3, -0.25) is 4.79 Å². The van der Waals surface area contributed by atoms with Crippen LogP contribution in [-0.2, 0) is 0 Å². The summed E-state index contributed by atoms with van der Waals surface area (Å²) in [6, 6.07) is 4.62. The van der Waals surface area contributed by atoms with Crippen LogP contribution in [0.25, 0.3) is 0 Å². The molecule has 2 nitrogen and oxygen atoms in total. The smallest absolute Gasteiger partial charge is 0.387 e. The second-order valence-electron chi connectivity index (χ2n) is 3.31. The number of Topliss-reactive ketones (excluding diaryl/α,β-unsaturated/α-hetero) is 1. The van der Waals surface area contributed by atoms with Gasteiger partial charge in [0.25, 0.3) is 0 Å². The van der Waals surface area contributed by atoms with Gasteiger partial charge in [0.05, 0.1) is 10.4 Å². The fraction of sp³-hybridized carbons (Fsp3) is 0.364. The number of ether oxygens (including phenoxy) is 1. The third-order valence-corrected chi connectivity index (χ3v) is 2.47. The Morgan fingerprint density at radius 2 is 2.06 bits per heavy atom. The Morgan fingerprint density at radius 1 is 1.44 bits per heavy atom. The van der Waals surface area contributed by atoms with Crippen LogP contribution in [0.5, 0.6) is 5.75 Å². The summed E-state index contributed by atoms with van der Waals surface area (Å²) >= 11 is 3.12. The number of aryl methyl sites for hydroxylation is 1. The molecule has 0 bridgehead atoms. The third kappa shape index (κ3) is 3.01. The second kappa shape index (κ2) is 5.39. The number of alkyl halides is 3. The lowest BCUT2D eigenvalue weighted by Crippen LogP contribution is -2.15. The average Bonchev–Trinajstić information content (AvgIpc) is 2.16. The molecule has 0 aliphatic rings. The lowest BCUT2D eigenvalue weighted by atomic mass is 10.0. The van der Waals surface area contributed by atoms with E-state index in [1.807, 2.05) is 0 Å². The lowest BCUT2D eigenvalue weighted by molar-refractivity contribution is -0.0501. The van der Waals surface area contributed by atoms with Gasteiger partial charge in [0.15, 0.2) is 5.78 Å². The van der Waals surface area contributed by atoms with Crippen LogP contribution in [0.2, 0.25) is 0 Å². The molecule has 0 aliphatic carbocycles. The SMILES string of the molecule is Cc1cccc(OC(F)F)c1C(=O)C(C)Br. The summed E-state index contributed by atoms with van der Waals surface area (Å²) in [5.74, 6) is -0.347. The highest BCUT2D eigenvalue weighted by Crippen LogP contribution is 2.26. The monoisotopic (exact) mass is 292 g/mol. The summed E-state index contributed by atoms with van der Waals surface area (Å²) in [6.45, 7) is 0.390. The van der Waals surface area contributed by atoms with Crippen LogP contribution in [0.3, 0.4) is 0 Å². The number of halogens is 3. The molecule has 1 unspecified atom stereocenters. The van der Waals surface area contributed by atoms with E-state index in [-0.39, 0.29) is 17.1 Å². The van der Waals surface area contributed by atoms with E-state index in [4.69, 9.17) is 0 Å². The van der Waals surface area contributed by atoms with Crippen molar-refractivity contribution in [3.63, 3.8) is 0 Å². The first kappa shape index (κ1) is 13.1. The van der Waals surface area contributed by atoms with Crippen molar-refractivity contribution in [3.05, 3.63) is 29.3 Å². The minimum Gasteiger partial charge on any atom is -0.434 e. The van der Waals surface area contributed by atoms with Crippen LogP contribution in [0, 0.1) is 6.92 Å². The van der Waals surface area contributed by atoms with Gasteiger partial charge in [-0.05, 0) is 25.5 Å². The molecule has 16 heavy (non-hydrogen) atoms. The van der Waals surface area contributed by atoms with Crippen LogP contribution in [0.1, 0.15) is 22.8 Å². The van der Waals surface area contributed by atoms with Gasteiger partial charge >= 0.3 is 6.61 Å². The van der Waals surface area contributed by atoms with Crippen LogP contribution >= 0.6 is 15.9 Å². The molecule has 0 N–H and O–H groups in total. The maximum atomic E-state index is 12.2. The van der Waals surface area contributed by atoms with E-state index in [1.54, 1.807) is 26.0 Å². The van der Waals surface area contributed by atoms with Crippen molar-refractivity contribution in [1.29, 1.82) is 0 Å². The number of benzene rings is 1. The number of carbonyl (C=O) groups excluding carboxylic acids is 1. The van der Waals surface area contributed by atoms with Crippen molar-refractivity contribution in [2.24, 2.45) is 0 Å². The molecule has 1 aromatic carbocycles. The maximum Gasteiger partial charge on any atom is 0.387 e. The number of ketones is 1. The van der Waals surface area contributed by atoms with Gasteiger partial charge in [0.2, 0.25) is 0 Å². The Labute approximate surface area is 101 Å². The molecule has 0 aliphatic heterocycles. The fourth-order valence-corrected chi connectivity index (χ4v) is 1.58. The van der Waals surface area contributed by atoms with Gasteiger partial charge in [-0.15, -0.1) is 0 Å². The zero-order chi connectivity index (χ0) is 12.3. The molecule has 0 amide bonds. The summed E-state index contributed by atoms with van der Waals surface area (Å²) in [6.07, 6.45) is 0. The number of hydrogen-bond acceptors (Lipinski definition) is 2. The van der Waals surface area contributed by atoms with Crippen molar-refractivity contribution >= 4 is 21.7 Å². The van der Waals surface area contributed by atoms with Crippen LogP contribution in [0.4, 0.5) is 8.78 Å². The molecule has 0 spiro atoms. The number of rotatable bonds is 4. The number of hydrogen-bond donors (Lipinski definition) is 0. The molecule has 5 heteroatoms. The van der Waals surface area contributed by atoms with E-state index in [9.17, 15) is 13.6 Å². The molecular weight excluding hydrogens is 282 g/mol. The lowest BCUT2D eigenvalue weighted by Gasteiger charge is -2.13. The topological polar surface area (TPSA) is 26.3 Å². The van der Waals surface area contributed by atoms with Gasteiger partial charge in [-0.2, -0.15) is 8.78 Å². The van der Waals surface area contributed by atoms with Gasteiger partial charge in [0, 0.05) is 0 Å². The van der Waals surface area contributed by atoms with E-state index in [0.29, 0.717) is 5.56 Å². The molecule has 1 rings (SSSR count). The molecule has 0 radical (unpaired) electrons. The van der Waals surface area contributed by atoms with E-state index in [2.05, 4.69) is 20.7 Å². The molecular formula is C11H11BrF2O2. The van der Waals surface area contributed by atoms with Gasteiger partial charge in [-0.25, -0.2) is 0 Å². The highest BCUT2D eigenvalue weighted by Gasteiger charge is 2.20. The Balaban J connectivity index is 3.18. The van der Waals surface area contributed by atoms with Gasteiger partial charge in [0.1, 0.15) is 5.75 Å². The van der Waals surface area contributed by atoms with Crippen LogP contribution in [-0.4, -0.2) is 17.2 Å². The second-order valence-corrected chi connectivity index (χ2v) is 4.68. The van der Waals surface area contributed by atoms with Crippen molar-refractivity contribution < 1.29 is 18.3 Å². The Bertz CT molecular complexity index is 392. The Hall–Kier alpha value is -0.970. The minimum atomic E-state index is -2.93. The van der Waals surface area contributed by atoms with E-state index >= 15 is 0 Å². The Kier molecular flexibility index (Phi) is 4.41. The molecule has 0 saturated heterocycles. The summed E-state index contributed by atoms with van der Waals surface area (Å²) in [7, 11) is 0. The third-order valence-electron chi connectivity index (χ3n) is 2.06. The summed E-state index contributed by atoms with van der Waals surface area (Å²) in [5, 5.41) is 0. The zero-order valence-corrected chi connectivity index (χ0v) is 10.4. The first-order valence-electron chi connectivity index (χ1n) is 4.66. The summed E-state index contributed by atoms with van der Waals surface area (Å²) in [4.78, 5) is 11.4. The predicted molar refractivity (Wildman–Crippen MR) is 60.5 cm³/mol. The standard InChI is InChI=1S/C11H11BrF2O2/c1-6-4-3-5-8(16-11(13)14)9(6)10(15)7(2)12/h3-5,7,11H,1-2H3. The minimum absolute atomic E-state index is 0.0775. The highest BCUT2D eigenvalue weighted by atomic mass is 79.9. The number of carbonyl (C=O) groups is 1. The quantitative estimate of drug-likeness (QED) is 0.626. The van der Waals surface area contributed by atoms with Crippen molar-refractivity contribution in [3.8, 4) is 5.75 Å². The molecule has 88 valence electrons. The van der Waals surface area contributed by atoms with Crippen molar-refractivity contribution in [1.82, 2.24) is 0 Å². The predicted octanol–water partition coefficient (Wildman–Crippen LogP) is 3.56. The van der Waals surface area contributed by atoms with E-state index in [0.717, 1.165) is 0 Å². The largest absolute Gasteiger partial charge is 0.434 e. The molecule has 0 heterocycles. The normalized spacial score (nSPS) is 12.6. The fourth-order valence-electron chi connectivity index (χ4n) is 1.35. The Morgan fingerprint density at radius 3 is 2.56 bits per heavy atom. The summed E-state index contributed by atoms with van der Waals surface area (Å²) in [5.41, 5.74) is 0.821. The molecule has 0 fully saturated rings. The average molecular weight is 293 g/mol. The first-order chi connectivity index (χ1) is 7.43. The molecule has 0 saturated carbocycles. The highest BCUT2D eigenvalue weighted by molar-refractivity contribution is 9.10. The van der Waals surface area contributed by atoms with Crippen molar-refractivity contribution in [2.45, 2.75) is 25.3 Å². The van der Waals surface area contributed by atoms with Crippen LogP contribution in [0.15, 0.2) is 18.2 Å². The van der Waals surface area contributed by atoms with Crippen molar-refractivity contribution in [2.75, 3.05) is 0 Å². The van der Waals surface area contributed by atoms with Gasteiger partial charge in [-0.1, -0.05) is 28.1 Å². The molecule has 1 aromatic rings. The zero-order valence-electron chi connectivity index (χ0n) is 8.84. The first-order valence-corrected chi connectivity index (χ1v) is 5.57. The van der Waals surface area contributed by atoms with Gasteiger partial charge < -0.3 is 4.74 Å². The van der Waals surface area contributed by atoms with E-state index in [1.165, 1.54) is 6.07 Å². The molecule has 0 aromatic heterocycles. The van der Waals surface area contributed by atoms with Crippen LogP contribution < -0.4 is 4.74 Å². The van der Waals surface area contributed by atoms with E-state index < -0.39 is 11.4 Å². The molecule has 1 atom stereocenters.